The zero-order valence-electron chi connectivity index (χ0n) is 14.5. The Bertz CT molecular complexity index is 1080. The highest BCUT2D eigenvalue weighted by molar-refractivity contribution is 6.12. The molecule has 0 aliphatic rings. The van der Waals surface area contributed by atoms with E-state index in [0.717, 1.165) is 12.1 Å². The van der Waals surface area contributed by atoms with Crippen LogP contribution in [-0.2, 0) is 10.9 Å². The molecule has 0 spiro atoms. The van der Waals surface area contributed by atoms with E-state index >= 15 is 0 Å². The third-order valence-corrected chi connectivity index (χ3v) is 4.06. The van der Waals surface area contributed by atoms with Crippen LogP contribution < -0.4 is 11.1 Å². The Balaban J connectivity index is 2.01. The molecule has 0 bridgehead atoms. The van der Waals surface area contributed by atoms with Crippen LogP contribution in [0.1, 0.15) is 26.3 Å². The number of fused-ring (bicyclic) bond motifs is 1. The number of pyridine rings is 1. The van der Waals surface area contributed by atoms with Crippen molar-refractivity contribution >= 4 is 34.0 Å². The second-order valence-corrected chi connectivity index (χ2v) is 5.87. The average molecular weight is 389 g/mol. The number of rotatable bonds is 3. The second kappa shape index (κ2) is 7.18. The Morgan fingerprint density at radius 3 is 2.54 bits per heavy atom. The summed E-state index contributed by atoms with van der Waals surface area (Å²) in [6.07, 6.45) is -1.77. The molecule has 28 heavy (non-hydrogen) atoms. The molecule has 144 valence electrons. The number of alkyl halides is 3. The minimum atomic E-state index is -4.61. The molecule has 6 nitrogen and oxygen atoms in total. The molecule has 0 fully saturated rings. The maximum Gasteiger partial charge on any atom is 0.416 e. The van der Waals surface area contributed by atoms with Gasteiger partial charge in [-0.25, -0.2) is 4.79 Å². The van der Waals surface area contributed by atoms with Crippen molar-refractivity contribution in [2.24, 2.45) is 0 Å². The normalized spacial score (nSPS) is 11.3. The first-order valence-electron chi connectivity index (χ1n) is 7.95. The summed E-state index contributed by atoms with van der Waals surface area (Å²) >= 11 is 0. The van der Waals surface area contributed by atoms with Crippen LogP contribution >= 0.6 is 0 Å². The fraction of sp³-hybridized carbons (Fsp3) is 0.105. The topological polar surface area (TPSA) is 94.3 Å². The van der Waals surface area contributed by atoms with Gasteiger partial charge < -0.3 is 15.8 Å². The first-order valence-corrected chi connectivity index (χ1v) is 7.95. The Morgan fingerprint density at radius 1 is 1.11 bits per heavy atom. The smallest absolute Gasteiger partial charge is 0.416 e. The summed E-state index contributed by atoms with van der Waals surface area (Å²) in [7, 11) is 1.23. The largest absolute Gasteiger partial charge is 0.465 e. The highest BCUT2D eigenvalue weighted by Gasteiger charge is 2.31. The monoisotopic (exact) mass is 389 g/mol. The maximum absolute atomic E-state index is 12.9. The van der Waals surface area contributed by atoms with Crippen molar-refractivity contribution in [3.05, 3.63) is 65.5 Å². The number of nitrogens with zero attached hydrogens (tertiary/aromatic N) is 1. The quantitative estimate of drug-likeness (QED) is 0.524. The Morgan fingerprint density at radius 2 is 1.86 bits per heavy atom. The van der Waals surface area contributed by atoms with Gasteiger partial charge in [-0.2, -0.15) is 13.2 Å². The number of methoxy groups -OCH3 is 1. The fourth-order valence-electron chi connectivity index (χ4n) is 2.63. The van der Waals surface area contributed by atoms with Crippen molar-refractivity contribution in [1.29, 1.82) is 0 Å². The lowest BCUT2D eigenvalue weighted by atomic mass is 10.1. The highest BCUT2D eigenvalue weighted by atomic mass is 19.4. The molecule has 3 rings (SSSR count). The second-order valence-electron chi connectivity index (χ2n) is 5.87. The maximum atomic E-state index is 12.9. The first-order chi connectivity index (χ1) is 13.2. The molecule has 0 atom stereocenters. The molecule has 9 heteroatoms. The standard InChI is InChI=1S/C19H14F3N3O3/c1-28-18(27)10-2-3-11-8-24-9-16(13(11)6-10)25-17(26)14-7-12(19(20,21)22)4-5-15(14)23/h2-9H,23H2,1H3,(H,25,26). The van der Waals surface area contributed by atoms with E-state index in [1.165, 1.54) is 31.6 Å². The molecular weight excluding hydrogens is 375 g/mol. The lowest BCUT2D eigenvalue weighted by Gasteiger charge is -2.13. The average Bonchev–Trinajstić information content (AvgIpc) is 2.66. The third kappa shape index (κ3) is 3.73. The van der Waals surface area contributed by atoms with Crippen molar-refractivity contribution in [2.45, 2.75) is 6.18 Å². The van der Waals surface area contributed by atoms with Crippen LogP contribution in [-0.4, -0.2) is 24.0 Å². The van der Waals surface area contributed by atoms with Crippen molar-refractivity contribution in [2.75, 3.05) is 18.2 Å². The van der Waals surface area contributed by atoms with Gasteiger partial charge in [0.25, 0.3) is 5.91 Å². The lowest BCUT2D eigenvalue weighted by Crippen LogP contribution is -2.16. The van der Waals surface area contributed by atoms with Gasteiger partial charge in [-0.15, -0.1) is 0 Å². The van der Waals surface area contributed by atoms with Gasteiger partial charge in [0.2, 0.25) is 0 Å². The third-order valence-electron chi connectivity index (χ3n) is 4.06. The van der Waals surface area contributed by atoms with Gasteiger partial charge in [0, 0.05) is 22.7 Å². The number of esters is 1. The summed E-state index contributed by atoms with van der Waals surface area (Å²) in [5.41, 5.74) is 4.72. The van der Waals surface area contributed by atoms with Crippen molar-refractivity contribution < 1.29 is 27.5 Å². The number of ether oxygens (including phenoxy) is 1. The zero-order chi connectivity index (χ0) is 20.5. The minimum Gasteiger partial charge on any atom is -0.465 e. The Hall–Kier alpha value is -3.62. The molecule has 0 radical (unpaired) electrons. The number of nitrogens with two attached hydrogens (primary N) is 1. The van der Waals surface area contributed by atoms with Crippen molar-refractivity contribution in [1.82, 2.24) is 4.98 Å². The van der Waals surface area contributed by atoms with Crippen LogP contribution in [0.3, 0.4) is 0 Å². The van der Waals surface area contributed by atoms with E-state index in [0.29, 0.717) is 16.8 Å². The number of nitrogen functional groups attached to an aromatic ring is 1. The van der Waals surface area contributed by atoms with Gasteiger partial charge in [-0.3, -0.25) is 9.78 Å². The van der Waals surface area contributed by atoms with Crippen LogP contribution in [0.15, 0.2) is 48.8 Å². The molecule has 0 saturated carbocycles. The van der Waals surface area contributed by atoms with Crippen LogP contribution in [0.4, 0.5) is 24.5 Å². The summed E-state index contributed by atoms with van der Waals surface area (Å²) in [5.74, 6) is -1.40. The number of amides is 1. The van der Waals surface area contributed by atoms with Gasteiger partial charge in [-0.05, 0) is 30.3 Å². The van der Waals surface area contributed by atoms with Gasteiger partial charge in [0.15, 0.2) is 0 Å². The number of carbonyl (C=O) groups is 2. The summed E-state index contributed by atoms with van der Waals surface area (Å²) in [6.45, 7) is 0. The molecule has 1 amide bonds. The molecule has 3 aromatic rings. The number of halogens is 3. The van der Waals surface area contributed by atoms with Gasteiger partial charge in [0.1, 0.15) is 0 Å². The van der Waals surface area contributed by atoms with E-state index in [2.05, 4.69) is 15.0 Å². The number of anilines is 2. The lowest BCUT2D eigenvalue weighted by molar-refractivity contribution is -0.137. The van der Waals surface area contributed by atoms with Crippen LogP contribution in [0.5, 0.6) is 0 Å². The van der Waals surface area contributed by atoms with E-state index in [1.807, 2.05) is 0 Å². The van der Waals surface area contributed by atoms with E-state index in [-0.39, 0.29) is 22.5 Å². The summed E-state index contributed by atoms with van der Waals surface area (Å²) < 4.78 is 43.4. The summed E-state index contributed by atoms with van der Waals surface area (Å²) in [6, 6.07) is 7.15. The molecule has 2 aromatic carbocycles. The molecule has 0 saturated heterocycles. The number of aromatic nitrogens is 1. The molecule has 1 aromatic heterocycles. The molecule has 3 N–H and O–H groups in total. The molecule has 0 aliphatic carbocycles. The summed E-state index contributed by atoms with van der Waals surface area (Å²) in [5, 5.41) is 3.59. The van der Waals surface area contributed by atoms with Crippen molar-refractivity contribution in [3.8, 4) is 0 Å². The van der Waals surface area contributed by atoms with E-state index in [4.69, 9.17) is 5.73 Å². The SMILES string of the molecule is COC(=O)c1ccc2cncc(NC(=O)c3cc(C(F)(F)F)ccc3N)c2c1. The van der Waals surface area contributed by atoms with Crippen LogP contribution in [0, 0.1) is 0 Å². The van der Waals surface area contributed by atoms with Crippen LogP contribution in [0.2, 0.25) is 0 Å². The van der Waals surface area contributed by atoms with E-state index < -0.39 is 23.6 Å². The molecular formula is C19H14F3N3O3. The predicted octanol–water partition coefficient (Wildman–Crippen LogP) is 3.87. The fourth-order valence-corrected chi connectivity index (χ4v) is 2.63. The first kappa shape index (κ1) is 19.2. The Kier molecular flexibility index (Phi) is 4.91. The number of nitrogens with one attached hydrogen (secondary N) is 1. The highest BCUT2D eigenvalue weighted by Crippen LogP contribution is 2.32. The Labute approximate surface area is 157 Å². The minimum absolute atomic E-state index is 0.103. The van der Waals surface area contributed by atoms with Gasteiger partial charge >= 0.3 is 12.1 Å². The van der Waals surface area contributed by atoms with E-state index in [1.54, 1.807) is 6.07 Å². The predicted molar refractivity (Wildman–Crippen MR) is 96.9 cm³/mol. The summed E-state index contributed by atoms with van der Waals surface area (Å²) in [4.78, 5) is 28.3. The van der Waals surface area contributed by atoms with Crippen LogP contribution in [0.25, 0.3) is 10.8 Å². The zero-order valence-corrected chi connectivity index (χ0v) is 14.5. The van der Waals surface area contributed by atoms with E-state index in [9.17, 15) is 22.8 Å². The molecule has 1 heterocycles. The number of benzene rings is 2. The number of carbonyl (C=O) groups excluding carboxylic acids is 2. The molecule has 0 unspecified atom stereocenters. The van der Waals surface area contributed by atoms with Gasteiger partial charge in [-0.1, -0.05) is 6.07 Å². The number of hydrogen-bond donors (Lipinski definition) is 2. The van der Waals surface area contributed by atoms with Gasteiger partial charge in [0.05, 0.1) is 35.7 Å². The number of hydrogen-bond acceptors (Lipinski definition) is 5. The van der Waals surface area contributed by atoms with Crippen molar-refractivity contribution in [3.63, 3.8) is 0 Å². The molecule has 0 aliphatic heterocycles.